The van der Waals surface area contributed by atoms with E-state index < -0.39 is 0 Å². The molecule has 1 N–H and O–H groups in total. The fraction of sp³-hybridized carbons (Fsp3) is 0.143. The Bertz CT molecular complexity index is 1130. The molecule has 1 atom stereocenters. The number of thioether (sulfide) groups is 1. The third kappa shape index (κ3) is 4.72. The standard InChI is InChI=1S/C21H19ClN6OS/c1-15(16-5-7-18(8-6-16)28-14-23-13-25-28)26-20(29)12-30-21-24-9-10-27(21)19-4-2-3-17(22)11-19/h2-11,13-15H,12H2,1H3,(H,26,29)/t15-/m0/s1. The number of amides is 1. The second-order valence-electron chi connectivity index (χ2n) is 6.57. The van der Waals surface area contributed by atoms with Gasteiger partial charge in [0.15, 0.2) is 5.16 Å². The topological polar surface area (TPSA) is 77.6 Å². The van der Waals surface area contributed by atoms with Crippen LogP contribution in [0.15, 0.2) is 78.7 Å². The highest BCUT2D eigenvalue weighted by Gasteiger charge is 2.13. The fourth-order valence-corrected chi connectivity index (χ4v) is 3.94. The second-order valence-corrected chi connectivity index (χ2v) is 7.95. The zero-order valence-electron chi connectivity index (χ0n) is 16.1. The molecule has 7 nitrogen and oxygen atoms in total. The van der Waals surface area contributed by atoms with Crippen LogP contribution in [0.4, 0.5) is 0 Å². The van der Waals surface area contributed by atoms with Gasteiger partial charge in [0.2, 0.25) is 5.91 Å². The van der Waals surface area contributed by atoms with Crippen LogP contribution < -0.4 is 5.32 Å². The number of aromatic nitrogens is 5. The smallest absolute Gasteiger partial charge is 0.230 e. The van der Waals surface area contributed by atoms with Crippen molar-refractivity contribution in [3.8, 4) is 11.4 Å². The van der Waals surface area contributed by atoms with Gasteiger partial charge in [0, 0.05) is 23.1 Å². The van der Waals surface area contributed by atoms with Crippen molar-refractivity contribution in [2.24, 2.45) is 0 Å². The first kappa shape index (κ1) is 20.2. The average molecular weight is 439 g/mol. The lowest BCUT2D eigenvalue weighted by Crippen LogP contribution is -2.28. The van der Waals surface area contributed by atoms with Crippen LogP contribution in [0, 0.1) is 0 Å². The molecule has 0 saturated heterocycles. The van der Waals surface area contributed by atoms with Crippen molar-refractivity contribution < 1.29 is 4.79 Å². The Labute approximate surface area is 183 Å². The van der Waals surface area contributed by atoms with Gasteiger partial charge in [-0.05, 0) is 42.8 Å². The first-order valence-electron chi connectivity index (χ1n) is 9.26. The van der Waals surface area contributed by atoms with Gasteiger partial charge in [-0.1, -0.05) is 41.6 Å². The molecule has 0 aliphatic rings. The molecular weight excluding hydrogens is 420 g/mol. The number of nitrogens with one attached hydrogen (secondary N) is 1. The maximum atomic E-state index is 12.5. The molecule has 9 heteroatoms. The van der Waals surface area contributed by atoms with Crippen LogP contribution in [0.5, 0.6) is 0 Å². The molecule has 0 aliphatic heterocycles. The number of hydrogen-bond donors (Lipinski definition) is 1. The minimum Gasteiger partial charge on any atom is -0.349 e. The van der Waals surface area contributed by atoms with E-state index in [0.717, 1.165) is 22.1 Å². The number of hydrogen-bond acceptors (Lipinski definition) is 5. The SMILES string of the molecule is C[C@H](NC(=O)CSc1nccn1-c1cccc(Cl)c1)c1ccc(-n2cncn2)cc1. The molecule has 152 valence electrons. The van der Waals surface area contributed by atoms with Gasteiger partial charge in [-0.25, -0.2) is 14.6 Å². The predicted molar refractivity (Wildman–Crippen MR) is 117 cm³/mol. The first-order chi connectivity index (χ1) is 14.6. The summed E-state index contributed by atoms with van der Waals surface area (Å²) in [7, 11) is 0. The molecule has 4 aromatic rings. The minimum absolute atomic E-state index is 0.0616. The molecule has 0 bridgehead atoms. The third-order valence-electron chi connectivity index (χ3n) is 4.48. The number of benzene rings is 2. The molecule has 2 aromatic carbocycles. The van der Waals surface area contributed by atoms with Gasteiger partial charge in [-0.2, -0.15) is 5.10 Å². The van der Waals surface area contributed by atoms with E-state index in [9.17, 15) is 4.79 Å². The van der Waals surface area contributed by atoms with Crippen molar-refractivity contribution in [3.05, 3.63) is 84.2 Å². The molecular formula is C21H19ClN6OS. The molecule has 2 heterocycles. The molecule has 30 heavy (non-hydrogen) atoms. The van der Waals surface area contributed by atoms with Crippen molar-refractivity contribution in [3.63, 3.8) is 0 Å². The molecule has 2 aromatic heterocycles. The van der Waals surface area contributed by atoms with Crippen molar-refractivity contribution in [1.82, 2.24) is 29.6 Å². The van der Waals surface area contributed by atoms with Crippen LogP contribution in [-0.4, -0.2) is 36.0 Å². The van der Waals surface area contributed by atoms with Gasteiger partial charge in [0.25, 0.3) is 0 Å². The zero-order valence-corrected chi connectivity index (χ0v) is 17.7. The molecule has 4 rings (SSSR count). The largest absolute Gasteiger partial charge is 0.349 e. The Kier molecular flexibility index (Phi) is 6.15. The Morgan fingerprint density at radius 2 is 2.03 bits per heavy atom. The third-order valence-corrected chi connectivity index (χ3v) is 5.68. The summed E-state index contributed by atoms with van der Waals surface area (Å²) in [6, 6.07) is 15.2. The van der Waals surface area contributed by atoms with Crippen molar-refractivity contribution in [1.29, 1.82) is 0 Å². The number of imidazole rings is 1. The van der Waals surface area contributed by atoms with Gasteiger partial charge in [0.1, 0.15) is 12.7 Å². The summed E-state index contributed by atoms with van der Waals surface area (Å²) in [5.41, 5.74) is 2.83. The lowest BCUT2D eigenvalue weighted by Gasteiger charge is -2.15. The summed E-state index contributed by atoms with van der Waals surface area (Å²) in [4.78, 5) is 20.8. The van der Waals surface area contributed by atoms with Crippen molar-refractivity contribution in [2.75, 3.05) is 5.75 Å². The summed E-state index contributed by atoms with van der Waals surface area (Å²) in [6.07, 6.45) is 6.70. The minimum atomic E-state index is -0.115. The van der Waals surface area contributed by atoms with E-state index in [2.05, 4.69) is 20.4 Å². The monoisotopic (exact) mass is 438 g/mol. The molecule has 0 unspecified atom stereocenters. The molecule has 0 fully saturated rings. The highest BCUT2D eigenvalue weighted by atomic mass is 35.5. The van der Waals surface area contributed by atoms with Crippen LogP contribution in [0.2, 0.25) is 5.02 Å². The molecule has 1 amide bonds. The second kappa shape index (κ2) is 9.15. The lowest BCUT2D eigenvalue weighted by molar-refractivity contribution is -0.119. The van der Waals surface area contributed by atoms with Gasteiger partial charge >= 0.3 is 0 Å². The van der Waals surface area contributed by atoms with Gasteiger partial charge in [0.05, 0.1) is 17.5 Å². The van der Waals surface area contributed by atoms with E-state index in [-0.39, 0.29) is 17.7 Å². The molecule has 0 aliphatic carbocycles. The van der Waals surface area contributed by atoms with Crippen LogP contribution in [-0.2, 0) is 4.79 Å². The van der Waals surface area contributed by atoms with E-state index >= 15 is 0 Å². The van der Waals surface area contributed by atoms with E-state index in [0.29, 0.717) is 5.02 Å². The summed E-state index contributed by atoms with van der Waals surface area (Å²) < 4.78 is 3.60. The molecule has 0 radical (unpaired) electrons. The van der Waals surface area contributed by atoms with E-state index in [1.165, 1.54) is 18.1 Å². The Morgan fingerprint density at radius 1 is 1.20 bits per heavy atom. The van der Waals surface area contributed by atoms with E-state index in [1.54, 1.807) is 17.2 Å². The van der Waals surface area contributed by atoms with Crippen LogP contribution in [0.3, 0.4) is 0 Å². The van der Waals surface area contributed by atoms with Crippen molar-refractivity contribution >= 4 is 29.3 Å². The summed E-state index contributed by atoms with van der Waals surface area (Å²) in [5.74, 6) is 0.201. The molecule has 0 spiro atoms. The fourth-order valence-electron chi connectivity index (χ4n) is 2.97. The Morgan fingerprint density at radius 3 is 2.77 bits per heavy atom. The maximum Gasteiger partial charge on any atom is 0.230 e. The Hall–Kier alpha value is -3.10. The first-order valence-corrected chi connectivity index (χ1v) is 10.6. The van der Waals surface area contributed by atoms with Gasteiger partial charge in [-0.3, -0.25) is 9.36 Å². The normalized spacial score (nSPS) is 11.9. The van der Waals surface area contributed by atoms with Crippen molar-refractivity contribution in [2.45, 2.75) is 18.1 Å². The van der Waals surface area contributed by atoms with E-state index in [1.807, 2.05) is 66.2 Å². The van der Waals surface area contributed by atoms with Gasteiger partial charge in [-0.15, -0.1) is 0 Å². The van der Waals surface area contributed by atoms with Crippen LogP contribution in [0.25, 0.3) is 11.4 Å². The van der Waals surface area contributed by atoms with Gasteiger partial charge < -0.3 is 5.32 Å². The summed E-state index contributed by atoms with van der Waals surface area (Å²) in [5, 5.41) is 8.52. The highest BCUT2D eigenvalue weighted by molar-refractivity contribution is 7.99. The number of nitrogens with zero attached hydrogens (tertiary/aromatic N) is 5. The number of carbonyl (C=O) groups is 1. The average Bonchev–Trinajstić information content (AvgIpc) is 3.44. The summed E-state index contributed by atoms with van der Waals surface area (Å²) in [6.45, 7) is 1.96. The summed E-state index contributed by atoms with van der Waals surface area (Å²) >= 11 is 7.46. The lowest BCUT2D eigenvalue weighted by atomic mass is 10.1. The zero-order chi connectivity index (χ0) is 20.9. The quantitative estimate of drug-likeness (QED) is 0.440. The molecule has 0 saturated carbocycles. The maximum absolute atomic E-state index is 12.5. The van der Waals surface area contributed by atoms with Crippen LogP contribution >= 0.6 is 23.4 Å². The number of halogens is 1. The van der Waals surface area contributed by atoms with Crippen LogP contribution in [0.1, 0.15) is 18.5 Å². The number of carbonyl (C=O) groups excluding carboxylic acids is 1. The Balaban J connectivity index is 1.35. The van der Waals surface area contributed by atoms with E-state index in [4.69, 9.17) is 11.6 Å². The highest BCUT2D eigenvalue weighted by Crippen LogP contribution is 2.23. The number of rotatable bonds is 7. The predicted octanol–water partition coefficient (Wildman–Crippen LogP) is 4.08.